The van der Waals surface area contributed by atoms with Gasteiger partial charge in [-0.1, -0.05) is 24.4 Å². The highest BCUT2D eigenvalue weighted by molar-refractivity contribution is 6.30. The summed E-state index contributed by atoms with van der Waals surface area (Å²) in [7, 11) is 1.86. The molecule has 0 aromatic carbocycles. The van der Waals surface area contributed by atoms with Crippen molar-refractivity contribution in [2.24, 2.45) is 18.9 Å². The highest BCUT2D eigenvalue weighted by Gasteiger charge is 2.24. The van der Waals surface area contributed by atoms with Gasteiger partial charge in [0.05, 0.1) is 5.69 Å². The molecule has 2 N–H and O–H groups in total. The lowest BCUT2D eigenvalue weighted by molar-refractivity contribution is 0.133. The molecule has 108 valence electrons. The van der Waals surface area contributed by atoms with E-state index in [9.17, 15) is 5.11 Å². The molecule has 1 aromatic heterocycles. The van der Waals surface area contributed by atoms with Gasteiger partial charge in [-0.3, -0.25) is 4.68 Å². The number of hydrogen-bond acceptors (Lipinski definition) is 3. The maximum absolute atomic E-state index is 9.41. The topological polar surface area (TPSA) is 50.1 Å². The fraction of sp³-hybridized carbons (Fsp3) is 0.786. The van der Waals surface area contributed by atoms with Crippen molar-refractivity contribution in [2.45, 2.75) is 39.2 Å². The number of rotatable bonds is 5. The zero-order chi connectivity index (χ0) is 13.8. The number of nitrogens with zero attached hydrogens (tertiary/aromatic N) is 2. The smallest absolute Gasteiger partial charge is 0.131 e. The molecule has 1 fully saturated rings. The maximum atomic E-state index is 9.41. The van der Waals surface area contributed by atoms with Crippen LogP contribution in [-0.4, -0.2) is 28.0 Å². The van der Waals surface area contributed by atoms with E-state index in [0.29, 0.717) is 23.6 Å². The molecule has 0 spiro atoms. The number of aromatic nitrogens is 2. The molecule has 0 aliphatic heterocycles. The highest BCUT2D eigenvalue weighted by atomic mass is 35.5. The van der Waals surface area contributed by atoms with E-state index in [1.165, 1.54) is 19.3 Å². The third-order valence-corrected chi connectivity index (χ3v) is 4.75. The van der Waals surface area contributed by atoms with Crippen LogP contribution in [0.3, 0.4) is 0 Å². The van der Waals surface area contributed by atoms with Crippen LogP contribution in [0.25, 0.3) is 0 Å². The maximum Gasteiger partial charge on any atom is 0.131 e. The summed E-state index contributed by atoms with van der Waals surface area (Å²) in [6.45, 7) is 4.02. The predicted molar refractivity (Wildman–Crippen MR) is 77.2 cm³/mol. The lowest BCUT2D eigenvalue weighted by Gasteiger charge is -2.30. The van der Waals surface area contributed by atoms with E-state index in [1.54, 1.807) is 4.68 Å². The summed E-state index contributed by atoms with van der Waals surface area (Å²) >= 11 is 6.21. The first-order valence-corrected chi connectivity index (χ1v) is 7.50. The van der Waals surface area contributed by atoms with Crippen LogP contribution < -0.4 is 5.32 Å². The summed E-state index contributed by atoms with van der Waals surface area (Å²) in [6, 6.07) is 0. The molecule has 2 rings (SSSR count). The first-order valence-electron chi connectivity index (χ1n) is 7.13. The van der Waals surface area contributed by atoms with Crippen molar-refractivity contribution in [3.63, 3.8) is 0 Å². The van der Waals surface area contributed by atoms with Crippen LogP contribution in [0.5, 0.6) is 0 Å². The van der Waals surface area contributed by atoms with E-state index in [4.69, 9.17) is 11.6 Å². The standard InChI is InChI=1S/C14H24ClN3O/c1-10-13(14(15)18(2)17-10)8-16-7-11-5-3-4-6-12(11)9-19/h11-12,16,19H,3-9H2,1-2H3. The van der Waals surface area contributed by atoms with Gasteiger partial charge < -0.3 is 10.4 Å². The summed E-state index contributed by atoms with van der Waals surface area (Å²) in [6.07, 6.45) is 4.93. The molecular weight excluding hydrogens is 262 g/mol. The van der Waals surface area contributed by atoms with Gasteiger partial charge in [0, 0.05) is 25.8 Å². The summed E-state index contributed by atoms with van der Waals surface area (Å²) < 4.78 is 1.71. The van der Waals surface area contributed by atoms with Crippen LogP contribution in [0.1, 0.15) is 36.9 Å². The van der Waals surface area contributed by atoms with Crippen LogP contribution in [0.2, 0.25) is 5.15 Å². The van der Waals surface area contributed by atoms with Gasteiger partial charge >= 0.3 is 0 Å². The molecule has 0 bridgehead atoms. The van der Waals surface area contributed by atoms with Crippen LogP contribution in [0, 0.1) is 18.8 Å². The molecule has 1 aromatic rings. The quantitative estimate of drug-likeness (QED) is 0.873. The lowest BCUT2D eigenvalue weighted by atomic mass is 9.79. The Morgan fingerprint density at radius 1 is 1.37 bits per heavy atom. The van der Waals surface area contributed by atoms with E-state index >= 15 is 0 Å². The molecule has 0 amide bonds. The SMILES string of the molecule is Cc1nn(C)c(Cl)c1CNCC1CCCCC1CO. The second-order valence-electron chi connectivity index (χ2n) is 5.60. The minimum Gasteiger partial charge on any atom is -0.396 e. The normalized spacial score (nSPS) is 23.8. The Labute approximate surface area is 120 Å². The summed E-state index contributed by atoms with van der Waals surface area (Å²) in [5.74, 6) is 1.06. The zero-order valence-corrected chi connectivity index (χ0v) is 12.6. The van der Waals surface area contributed by atoms with Crippen LogP contribution in [0.15, 0.2) is 0 Å². The number of hydrogen-bond donors (Lipinski definition) is 2. The van der Waals surface area contributed by atoms with E-state index in [1.807, 2.05) is 14.0 Å². The number of nitrogens with one attached hydrogen (secondary N) is 1. The molecule has 0 saturated heterocycles. The van der Waals surface area contributed by atoms with Gasteiger partial charge in [0.2, 0.25) is 0 Å². The third kappa shape index (κ3) is 3.50. The highest BCUT2D eigenvalue weighted by Crippen LogP contribution is 2.29. The second kappa shape index (κ2) is 6.73. The first kappa shape index (κ1) is 14.8. The molecular formula is C14H24ClN3O. The van der Waals surface area contributed by atoms with Gasteiger partial charge in [-0.05, 0) is 38.1 Å². The average molecular weight is 286 g/mol. The Morgan fingerprint density at radius 3 is 2.63 bits per heavy atom. The van der Waals surface area contributed by atoms with Crippen molar-refractivity contribution >= 4 is 11.6 Å². The third-order valence-electron chi connectivity index (χ3n) is 4.28. The van der Waals surface area contributed by atoms with Crippen molar-refractivity contribution in [3.05, 3.63) is 16.4 Å². The molecule has 2 unspecified atom stereocenters. The van der Waals surface area contributed by atoms with E-state index in [0.717, 1.165) is 30.8 Å². The molecule has 2 atom stereocenters. The molecule has 5 heteroatoms. The van der Waals surface area contributed by atoms with Crippen LogP contribution >= 0.6 is 11.6 Å². The summed E-state index contributed by atoms with van der Waals surface area (Å²) in [5.41, 5.74) is 2.07. The van der Waals surface area contributed by atoms with Gasteiger partial charge in [0.1, 0.15) is 5.15 Å². The lowest BCUT2D eigenvalue weighted by Crippen LogP contribution is -2.32. The fourth-order valence-corrected chi connectivity index (χ4v) is 3.29. The van der Waals surface area contributed by atoms with Crippen molar-refractivity contribution in [3.8, 4) is 0 Å². The van der Waals surface area contributed by atoms with E-state index in [2.05, 4.69) is 10.4 Å². The number of aliphatic hydroxyl groups is 1. The number of aliphatic hydroxyl groups excluding tert-OH is 1. The molecule has 1 aliphatic rings. The predicted octanol–water partition coefficient (Wildman–Crippen LogP) is 2.27. The monoisotopic (exact) mass is 285 g/mol. The Kier molecular flexibility index (Phi) is 5.25. The van der Waals surface area contributed by atoms with Gasteiger partial charge in [0.25, 0.3) is 0 Å². The Balaban J connectivity index is 1.85. The van der Waals surface area contributed by atoms with Gasteiger partial charge in [-0.25, -0.2) is 0 Å². The van der Waals surface area contributed by atoms with Crippen molar-refractivity contribution < 1.29 is 5.11 Å². The van der Waals surface area contributed by atoms with Crippen molar-refractivity contribution in [2.75, 3.05) is 13.2 Å². The molecule has 0 radical (unpaired) electrons. The van der Waals surface area contributed by atoms with E-state index < -0.39 is 0 Å². The summed E-state index contributed by atoms with van der Waals surface area (Å²) in [5, 5.41) is 17.9. The zero-order valence-electron chi connectivity index (χ0n) is 11.8. The van der Waals surface area contributed by atoms with Gasteiger partial charge in [0.15, 0.2) is 0 Å². The van der Waals surface area contributed by atoms with Crippen molar-refractivity contribution in [1.82, 2.24) is 15.1 Å². The fourth-order valence-electron chi connectivity index (χ4n) is 3.05. The van der Waals surface area contributed by atoms with Crippen LogP contribution in [0.4, 0.5) is 0 Å². The Bertz CT molecular complexity index is 419. The molecule has 1 heterocycles. The first-order chi connectivity index (χ1) is 9.13. The molecule has 1 aliphatic carbocycles. The Morgan fingerprint density at radius 2 is 2.05 bits per heavy atom. The van der Waals surface area contributed by atoms with E-state index in [-0.39, 0.29) is 0 Å². The Hall–Kier alpha value is -0.580. The second-order valence-corrected chi connectivity index (χ2v) is 5.95. The minimum absolute atomic E-state index is 0.318. The largest absolute Gasteiger partial charge is 0.396 e. The minimum atomic E-state index is 0.318. The average Bonchev–Trinajstić information content (AvgIpc) is 2.65. The molecule has 4 nitrogen and oxygen atoms in total. The van der Waals surface area contributed by atoms with Gasteiger partial charge in [-0.2, -0.15) is 5.10 Å². The molecule has 19 heavy (non-hydrogen) atoms. The van der Waals surface area contributed by atoms with Crippen molar-refractivity contribution in [1.29, 1.82) is 0 Å². The molecule has 1 saturated carbocycles. The summed E-state index contributed by atoms with van der Waals surface area (Å²) in [4.78, 5) is 0. The number of halogens is 1. The van der Waals surface area contributed by atoms with Gasteiger partial charge in [-0.15, -0.1) is 0 Å². The number of aryl methyl sites for hydroxylation is 2. The van der Waals surface area contributed by atoms with Crippen LogP contribution in [-0.2, 0) is 13.6 Å².